The molecule has 0 saturated carbocycles. The fourth-order valence-corrected chi connectivity index (χ4v) is 2.49. The summed E-state index contributed by atoms with van der Waals surface area (Å²) < 4.78 is 5.10. The maximum atomic E-state index is 11.6. The topological polar surface area (TPSA) is 130 Å². The van der Waals surface area contributed by atoms with E-state index in [4.69, 9.17) is 4.74 Å². The molecule has 0 unspecified atom stereocenters. The Balaban J connectivity index is 1.77. The first kappa shape index (κ1) is 19.5. The number of methoxy groups -OCH3 is 1. The van der Waals surface area contributed by atoms with Crippen LogP contribution in [0.25, 0.3) is 12.2 Å². The number of hydrogen-bond donors (Lipinski definition) is 2. The lowest BCUT2D eigenvalue weighted by Gasteiger charge is -1.99. The van der Waals surface area contributed by atoms with Crippen LogP contribution >= 0.6 is 0 Å². The quantitative estimate of drug-likeness (QED) is 0.378. The van der Waals surface area contributed by atoms with Crippen molar-refractivity contribution in [2.45, 2.75) is 0 Å². The molecule has 0 saturated heterocycles. The molecule has 0 aliphatic rings. The molecule has 2 aromatic carbocycles. The van der Waals surface area contributed by atoms with Crippen molar-refractivity contribution in [3.05, 3.63) is 96.3 Å². The molecule has 3 rings (SSSR count). The molecular formula is C20H16N4O5. The third-order valence-corrected chi connectivity index (χ3v) is 3.94. The van der Waals surface area contributed by atoms with E-state index in [1.165, 1.54) is 6.08 Å². The highest BCUT2D eigenvalue weighted by Gasteiger charge is 2.18. The molecule has 9 nitrogen and oxygen atoms in total. The van der Waals surface area contributed by atoms with Gasteiger partial charge in [0, 0.05) is 6.21 Å². The smallest absolute Gasteiger partial charge is 0.357 e. The number of rotatable bonds is 6. The van der Waals surface area contributed by atoms with E-state index in [0.717, 1.165) is 22.6 Å². The fourth-order valence-electron chi connectivity index (χ4n) is 2.49. The van der Waals surface area contributed by atoms with Crippen molar-refractivity contribution >= 4 is 29.7 Å². The summed E-state index contributed by atoms with van der Waals surface area (Å²) in [4.78, 5) is 41.7. The van der Waals surface area contributed by atoms with Gasteiger partial charge in [-0.25, -0.2) is 4.79 Å². The van der Waals surface area contributed by atoms with E-state index in [9.17, 15) is 19.7 Å². The van der Waals surface area contributed by atoms with Gasteiger partial charge < -0.3 is 9.72 Å². The molecule has 0 amide bonds. The van der Waals surface area contributed by atoms with Gasteiger partial charge >= 0.3 is 16.9 Å². The van der Waals surface area contributed by atoms with Gasteiger partial charge in [-0.1, -0.05) is 30.3 Å². The van der Waals surface area contributed by atoms with Gasteiger partial charge in [0.15, 0.2) is 0 Å². The molecule has 0 fully saturated rings. The summed E-state index contributed by atoms with van der Waals surface area (Å²) in [6.07, 6.45) is 4.58. The molecule has 0 aliphatic carbocycles. The maximum absolute atomic E-state index is 11.6. The number of aliphatic imine (C=N–C) groups is 1. The van der Waals surface area contributed by atoms with Crippen molar-refractivity contribution in [3.63, 3.8) is 0 Å². The summed E-state index contributed by atoms with van der Waals surface area (Å²) in [6, 6.07) is 14.5. The lowest BCUT2D eigenvalue weighted by Crippen LogP contribution is -2.25. The molecule has 0 radical (unpaired) electrons. The molecule has 0 bridgehead atoms. The monoisotopic (exact) mass is 392 g/mol. The van der Waals surface area contributed by atoms with Crippen LogP contribution in [0.2, 0.25) is 0 Å². The molecule has 0 aliphatic heterocycles. The Morgan fingerprint density at radius 1 is 0.966 bits per heavy atom. The molecule has 2 N–H and O–H groups in total. The number of nitrogens with zero attached hydrogens (tertiary/aromatic N) is 2. The van der Waals surface area contributed by atoms with E-state index in [1.54, 1.807) is 31.5 Å². The second-order valence-corrected chi connectivity index (χ2v) is 5.88. The standard InChI is InChI=1S/C20H16N4O5/c1-29-16-9-7-15(8-10-16)21-12-14-4-2-13(3-5-14)6-11-17-18(24(27)28)19(25)23-20(26)22-17/h2-12H,1H3,(H2,22,23,25,26)/b11-6+,21-12?. The van der Waals surface area contributed by atoms with Gasteiger partial charge in [-0.05, 0) is 41.5 Å². The summed E-state index contributed by atoms with van der Waals surface area (Å²) in [5.41, 5.74) is -0.400. The molecule has 146 valence electrons. The first-order valence-electron chi connectivity index (χ1n) is 8.43. The number of benzene rings is 2. The number of ether oxygens (including phenoxy) is 1. The zero-order chi connectivity index (χ0) is 20.8. The minimum atomic E-state index is -1.05. The van der Waals surface area contributed by atoms with Crippen LogP contribution in [0.3, 0.4) is 0 Å². The Hall–Kier alpha value is -4.27. The first-order valence-corrected chi connectivity index (χ1v) is 8.43. The minimum Gasteiger partial charge on any atom is -0.497 e. The second-order valence-electron chi connectivity index (χ2n) is 5.88. The highest BCUT2D eigenvalue weighted by Crippen LogP contribution is 2.18. The average Bonchev–Trinajstić information content (AvgIpc) is 2.71. The Bertz CT molecular complexity index is 1190. The van der Waals surface area contributed by atoms with Crippen molar-refractivity contribution < 1.29 is 9.66 Å². The summed E-state index contributed by atoms with van der Waals surface area (Å²) in [5.74, 6) is 0.752. The molecule has 0 spiro atoms. The summed E-state index contributed by atoms with van der Waals surface area (Å²) in [6.45, 7) is 0. The molecule has 0 atom stereocenters. The highest BCUT2D eigenvalue weighted by atomic mass is 16.6. The molecule has 3 aromatic rings. The summed E-state index contributed by atoms with van der Waals surface area (Å²) in [7, 11) is 1.60. The number of nitro groups is 1. The van der Waals surface area contributed by atoms with E-state index in [1.807, 2.05) is 41.4 Å². The Morgan fingerprint density at radius 3 is 2.24 bits per heavy atom. The van der Waals surface area contributed by atoms with Crippen LogP contribution < -0.4 is 16.0 Å². The summed E-state index contributed by atoms with van der Waals surface area (Å²) in [5, 5.41) is 11.0. The highest BCUT2D eigenvalue weighted by molar-refractivity contribution is 5.82. The van der Waals surface area contributed by atoms with Crippen LogP contribution in [0.4, 0.5) is 11.4 Å². The van der Waals surface area contributed by atoms with Gasteiger partial charge in [-0.2, -0.15) is 0 Å². The van der Waals surface area contributed by atoms with E-state index < -0.39 is 21.9 Å². The Labute approximate surface area is 164 Å². The van der Waals surface area contributed by atoms with E-state index in [2.05, 4.69) is 9.98 Å². The van der Waals surface area contributed by atoms with Crippen LogP contribution in [0, 0.1) is 10.1 Å². The lowest BCUT2D eigenvalue weighted by atomic mass is 10.1. The Morgan fingerprint density at radius 2 is 1.62 bits per heavy atom. The van der Waals surface area contributed by atoms with Gasteiger partial charge in [-0.15, -0.1) is 0 Å². The predicted octanol–water partition coefficient (Wildman–Crippen LogP) is 2.90. The molecule has 1 aromatic heterocycles. The van der Waals surface area contributed by atoms with E-state index in [-0.39, 0.29) is 5.69 Å². The predicted molar refractivity (Wildman–Crippen MR) is 110 cm³/mol. The van der Waals surface area contributed by atoms with Crippen LogP contribution in [-0.2, 0) is 0 Å². The normalized spacial score (nSPS) is 11.2. The van der Waals surface area contributed by atoms with Crippen LogP contribution in [0.5, 0.6) is 5.75 Å². The number of hydrogen-bond acceptors (Lipinski definition) is 6. The number of nitrogens with one attached hydrogen (secondary N) is 2. The van der Waals surface area contributed by atoms with Gasteiger partial charge in [0.25, 0.3) is 0 Å². The van der Waals surface area contributed by atoms with Gasteiger partial charge in [0.1, 0.15) is 11.4 Å². The first-order chi connectivity index (χ1) is 14.0. The fraction of sp³-hybridized carbons (Fsp3) is 0.0500. The van der Waals surface area contributed by atoms with E-state index in [0.29, 0.717) is 0 Å². The molecule has 29 heavy (non-hydrogen) atoms. The van der Waals surface area contributed by atoms with Crippen LogP contribution in [0.1, 0.15) is 16.8 Å². The number of aromatic amines is 2. The molecule has 1 heterocycles. The summed E-state index contributed by atoms with van der Waals surface area (Å²) >= 11 is 0. The van der Waals surface area contributed by atoms with Gasteiger partial charge in [-0.3, -0.25) is 24.9 Å². The number of H-pyrrole nitrogens is 2. The van der Waals surface area contributed by atoms with Crippen molar-refractivity contribution in [1.82, 2.24) is 9.97 Å². The third-order valence-electron chi connectivity index (χ3n) is 3.94. The third kappa shape index (κ3) is 4.92. The number of aromatic nitrogens is 2. The maximum Gasteiger partial charge on any atom is 0.357 e. The minimum absolute atomic E-state index is 0.172. The SMILES string of the molecule is COc1ccc(N=Cc2ccc(/C=C/c3[nH]c(=O)[nH]c(=O)c3[N+](=O)[O-])cc2)cc1. The van der Waals surface area contributed by atoms with Crippen molar-refractivity contribution in [2.24, 2.45) is 4.99 Å². The largest absolute Gasteiger partial charge is 0.497 e. The van der Waals surface area contributed by atoms with Crippen LogP contribution in [0.15, 0.2) is 63.1 Å². The van der Waals surface area contributed by atoms with Crippen molar-refractivity contribution in [1.29, 1.82) is 0 Å². The van der Waals surface area contributed by atoms with Crippen molar-refractivity contribution in [2.75, 3.05) is 7.11 Å². The lowest BCUT2D eigenvalue weighted by molar-refractivity contribution is -0.386. The zero-order valence-electron chi connectivity index (χ0n) is 15.3. The van der Waals surface area contributed by atoms with Crippen molar-refractivity contribution in [3.8, 4) is 5.75 Å². The average molecular weight is 392 g/mol. The molecular weight excluding hydrogens is 376 g/mol. The van der Waals surface area contributed by atoms with Gasteiger partial charge in [0.2, 0.25) is 0 Å². The van der Waals surface area contributed by atoms with E-state index >= 15 is 0 Å². The Kier molecular flexibility index (Phi) is 5.79. The second kappa shape index (κ2) is 8.61. The zero-order valence-corrected chi connectivity index (χ0v) is 15.3. The molecule has 9 heteroatoms. The van der Waals surface area contributed by atoms with Gasteiger partial charge in [0.05, 0.1) is 17.7 Å². The van der Waals surface area contributed by atoms with Crippen LogP contribution in [-0.4, -0.2) is 28.2 Å².